The van der Waals surface area contributed by atoms with Crippen LogP contribution >= 0.6 is 0 Å². The fourth-order valence-electron chi connectivity index (χ4n) is 2.55. The Morgan fingerprint density at radius 2 is 1.83 bits per heavy atom. The van der Waals surface area contributed by atoms with Crippen LogP contribution in [0.5, 0.6) is 0 Å². The molecule has 0 aliphatic heterocycles. The molecule has 10 heteroatoms. The van der Waals surface area contributed by atoms with Gasteiger partial charge in [-0.2, -0.15) is 18.3 Å². The van der Waals surface area contributed by atoms with E-state index in [-0.39, 0.29) is 19.0 Å². The number of carbonyl (C=O) groups is 2. The molecule has 29 heavy (non-hydrogen) atoms. The van der Waals surface area contributed by atoms with Crippen LogP contribution in [-0.4, -0.2) is 32.6 Å². The van der Waals surface area contributed by atoms with Gasteiger partial charge in [-0.15, -0.1) is 0 Å². The maximum Gasteiger partial charge on any atom is 0.389 e. The van der Waals surface area contributed by atoms with E-state index in [1.165, 1.54) is 10.7 Å². The minimum Gasteiger partial charge on any atom is -0.352 e. The van der Waals surface area contributed by atoms with Crippen molar-refractivity contribution in [2.75, 3.05) is 0 Å². The molecule has 0 saturated heterocycles. The number of rotatable bonds is 7. The quantitative estimate of drug-likeness (QED) is 0.633. The predicted molar refractivity (Wildman–Crippen MR) is 97.7 cm³/mol. The molecule has 0 atom stereocenters. The maximum atomic E-state index is 12.1. The van der Waals surface area contributed by atoms with Gasteiger partial charge >= 0.3 is 6.18 Å². The van der Waals surface area contributed by atoms with Gasteiger partial charge in [0.25, 0.3) is 5.91 Å². The van der Waals surface area contributed by atoms with Gasteiger partial charge < -0.3 is 10.6 Å². The van der Waals surface area contributed by atoms with E-state index in [0.29, 0.717) is 22.5 Å². The third-order valence-electron chi connectivity index (χ3n) is 4.02. The van der Waals surface area contributed by atoms with Crippen LogP contribution in [0.15, 0.2) is 48.8 Å². The number of fused-ring (bicyclic) bond motifs is 1. The zero-order valence-electron chi connectivity index (χ0n) is 15.2. The molecule has 0 spiro atoms. The molecular formula is C19H18F3N5O2. The summed E-state index contributed by atoms with van der Waals surface area (Å²) in [5.74, 6) is -0.910. The summed E-state index contributed by atoms with van der Waals surface area (Å²) in [4.78, 5) is 27.9. The molecule has 0 fully saturated rings. The first-order valence-electron chi connectivity index (χ1n) is 8.80. The summed E-state index contributed by atoms with van der Waals surface area (Å²) in [7, 11) is 0. The van der Waals surface area contributed by atoms with Crippen molar-refractivity contribution in [3.05, 3.63) is 65.6 Å². The Balaban J connectivity index is 1.55. The van der Waals surface area contributed by atoms with Crippen molar-refractivity contribution in [3.63, 3.8) is 0 Å². The largest absolute Gasteiger partial charge is 0.389 e. The lowest BCUT2D eigenvalue weighted by Crippen LogP contribution is -2.24. The Morgan fingerprint density at radius 3 is 2.55 bits per heavy atom. The highest BCUT2D eigenvalue weighted by molar-refractivity contribution is 5.94. The molecule has 152 valence electrons. The van der Waals surface area contributed by atoms with E-state index >= 15 is 0 Å². The zero-order chi connectivity index (χ0) is 20.9. The van der Waals surface area contributed by atoms with Crippen LogP contribution in [0.3, 0.4) is 0 Å². The first kappa shape index (κ1) is 20.3. The number of halogens is 3. The van der Waals surface area contributed by atoms with Crippen LogP contribution in [0.25, 0.3) is 5.65 Å². The topological polar surface area (TPSA) is 88.4 Å². The highest BCUT2D eigenvalue weighted by atomic mass is 19.4. The van der Waals surface area contributed by atoms with Crippen LogP contribution in [-0.2, 0) is 17.9 Å². The van der Waals surface area contributed by atoms with E-state index in [9.17, 15) is 22.8 Å². The van der Waals surface area contributed by atoms with E-state index in [1.807, 2.05) is 6.07 Å². The molecule has 7 nitrogen and oxygen atoms in total. The Hall–Kier alpha value is -3.43. The second kappa shape index (κ2) is 8.72. The van der Waals surface area contributed by atoms with Gasteiger partial charge in [-0.05, 0) is 23.8 Å². The molecule has 0 bridgehead atoms. The highest BCUT2D eigenvalue weighted by Crippen LogP contribution is 2.21. The second-order valence-electron chi connectivity index (χ2n) is 6.34. The van der Waals surface area contributed by atoms with Gasteiger partial charge in [0.2, 0.25) is 5.91 Å². The summed E-state index contributed by atoms with van der Waals surface area (Å²) in [6, 6.07) is 10.4. The molecule has 2 amide bonds. The molecule has 0 aliphatic rings. The van der Waals surface area contributed by atoms with Crippen molar-refractivity contribution in [1.29, 1.82) is 0 Å². The average molecular weight is 405 g/mol. The number of hydrogen-bond acceptors (Lipinski definition) is 4. The van der Waals surface area contributed by atoms with E-state index in [0.717, 1.165) is 0 Å². The summed E-state index contributed by atoms with van der Waals surface area (Å²) in [5, 5.41) is 9.35. The van der Waals surface area contributed by atoms with Crippen molar-refractivity contribution in [1.82, 2.24) is 25.2 Å². The number of nitrogens with zero attached hydrogens (tertiary/aromatic N) is 3. The van der Waals surface area contributed by atoms with Crippen molar-refractivity contribution in [2.24, 2.45) is 0 Å². The van der Waals surface area contributed by atoms with E-state index in [4.69, 9.17) is 0 Å². The molecule has 2 aromatic heterocycles. The lowest BCUT2D eigenvalue weighted by atomic mass is 10.2. The third-order valence-corrected chi connectivity index (χ3v) is 4.02. The monoisotopic (exact) mass is 405 g/mol. The fourth-order valence-corrected chi connectivity index (χ4v) is 2.55. The molecule has 0 radical (unpaired) electrons. The summed E-state index contributed by atoms with van der Waals surface area (Å²) in [6.45, 7) is 0.258. The standard InChI is InChI=1S/C19H18F3N5O2/c20-19(21,22)7-6-17(28)23-9-13-8-16-26-15(12-27(16)25-10-13)11-24-18(29)14-4-2-1-3-5-14/h1-5,8,10,12H,6-7,9,11H2,(H,23,28)(H,24,29). The van der Waals surface area contributed by atoms with Crippen molar-refractivity contribution < 1.29 is 22.8 Å². The van der Waals surface area contributed by atoms with Gasteiger partial charge in [0.1, 0.15) is 0 Å². The van der Waals surface area contributed by atoms with Crippen molar-refractivity contribution >= 4 is 17.5 Å². The van der Waals surface area contributed by atoms with Gasteiger partial charge in [0.05, 0.1) is 31.1 Å². The summed E-state index contributed by atoms with van der Waals surface area (Å²) < 4.78 is 37.9. The molecule has 3 aromatic rings. The number of hydrogen-bond donors (Lipinski definition) is 2. The molecule has 0 aliphatic carbocycles. The SMILES string of the molecule is O=C(CCC(F)(F)F)NCc1cnn2cc(CNC(=O)c3ccccc3)nc2c1. The minimum atomic E-state index is -4.36. The van der Waals surface area contributed by atoms with Crippen LogP contribution < -0.4 is 10.6 Å². The summed E-state index contributed by atoms with van der Waals surface area (Å²) >= 11 is 0. The Labute approximate surface area is 163 Å². The minimum absolute atomic E-state index is 0.0487. The number of carbonyl (C=O) groups excluding carboxylic acids is 2. The van der Waals surface area contributed by atoms with Crippen LogP contribution in [0, 0.1) is 0 Å². The fraction of sp³-hybridized carbons (Fsp3) is 0.263. The Morgan fingerprint density at radius 1 is 1.07 bits per heavy atom. The lowest BCUT2D eigenvalue weighted by molar-refractivity contribution is -0.144. The Kier molecular flexibility index (Phi) is 6.10. The molecule has 3 rings (SSSR count). The van der Waals surface area contributed by atoms with Crippen molar-refractivity contribution in [3.8, 4) is 0 Å². The molecule has 2 heterocycles. The molecule has 2 N–H and O–H groups in total. The number of nitrogens with one attached hydrogen (secondary N) is 2. The number of amides is 2. The summed E-state index contributed by atoms with van der Waals surface area (Å²) in [5.41, 5.74) is 2.23. The number of alkyl halides is 3. The first-order chi connectivity index (χ1) is 13.8. The van der Waals surface area contributed by atoms with Gasteiger partial charge in [0, 0.05) is 18.5 Å². The number of aromatic nitrogens is 3. The van der Waals surface area contributed by atoms with Crippen LogP contribution in [0.2, 0.25) is 0 Å². The third kappa shape index (κ3) is 6.03. The predicted octanol–water partition coefficient (Wildman–Crippen LogP) is 2.62. The lowest BCUT2D eigenvalue weighted by Gasteiger charge is -2.07. The van der Waals surface area contributed by atoms with E-state index in [2.05, 4.69) is 20.7 Å². The molecule has 1 aromatic carbocycles. The zero-order valence-corrected chi connectivity index (χ0v) is 15.2. The second-order valence-corrected chi connectivity index (χ2v) is 6.34. The van der Waals surface area contributed by atoms with Gasteiger partial charge in [0.15, 0.2) is 5.65 Å². The van der Waals surface area contributed by atoms with E-state index < -0.39 is 24.9 Å². The van der Waals surface area contributed by atoms with Gasteiger partial charge in [-0.1, -0.05) is 18.2 Å². The highest BCUT2D eigenvalue weighted by Gasteiger charge is 2.27. The molecule has 0 unspecified atom stereocenters. The Bertz CT molecular complexity index is 1000. The normalized spacial score (nSPS) is 11.4. The molecular weight excluding hydrogens is 387 g/mol. The number of imidazole rings is 1. The average Bonchev–Trinajstić information content (AvgIpc) is 3.11. The first-order valence-corrected chi connectivity index (χ1v) is 8.80. The smallest absolute Gasteiger partial charge is 0.352 e. The van der Waals surface area contributed by atoms with Crippen molar-refractivity contribution in [2.45, 2.75) is 32.1 Å². The van der Waals surface area contributed by atoms with Crippen LogP contribution in [0.1, 0.15) is 34.5 Å². The van der Waals surface area contributed by atoms with Gasteiger partial charge in [-0.3, -0.25) is 9.59 Å². The van der Waals surface area contributed by atoms with Gasteiger partial charge in [-0.25, -0.2) is 9.50 Å². The van der Waals surface area contributed by atoms with E-state index in [1.54, 1.807) is 36.5 Å². The molecule has 0 saturated carbocycles. The van der Waals surface area contributed by atoms with Crippen LogP contribution in [0.4, 0.5) is 13.2 Å². The number of benzene rings is 1. The summed E-state index contributed by atoms with van der Waals surface area (Å²) in [6.07, 6.45) is -2.99. The maximum absolute atomic E-state index is 12.1.